The lowest BCUT2D eigenvalue weighted by molar-refractivity contribution is 0.0926. The molecule has 1 fully saturated rings. The van der Waals surface area contributed by atoms with E-state index >= 15 is 0 Å². The molecule has 2 N–H and O–H groups in total. The first kappa shape index (κ1) is 21.0. The van der Waals surface area contributed by atoms with Crippen molar-refractivity contribution >= 4 is 33.3 Å². The maximum absolute atomic E-state index is 5.76. The van der Waals surface area contributed by atoms with E-state index < -0.39 is 0 Å². The number of ether oxygens (including phenoxy) is 1. The SMILES string of the molecule is C=S(C)CCOCn1ccc2nc(-c3cccnc3N[C@@H]3CNC[C@@H](C)C3)cnc21. The fourth-order valence-electron chi connectivity index (χ4n) is 3.75. The summed E-state index contributed by atoms with van der Waals surface area (Å²) in [5.74, 6) is 6.50. The summed E-state index contributed by atoms with van der Waals surface area (Å²) in [5, 5.41) is 7.09. The Bertz CT molecular complexity index is 1020. The van der Waals surface area contributed by atoms with E-state index in [1.807, 2.05) is 41.4 Å². The summed E-state index contributed by atoms with van der Waals surface area (Å²) >= 11 is 0. The van der Waals surface area contributed by atoms with Gasteiger partial charge in [-0.15, -0.1) is 0 Å². The first-order valence-electron chi connectivity index (χ1n) is 10.3. The van der Waals surface area contributed by atoms with Crippen LogP contribution in [0.2, 0.25) is 0 Å². The van der Waals surface area contributed by atoms with E-state index in [9.17, 15) is 0 Å². The second kappa shape index (κ2) is 9.68. The Kier molecular flexibility index (Phi) is 6.76. The zero-order chi connectivity index (χ0) is 20.9. The monoisotopic (exact) mass is 426 g/mol. The van der Waals surface area contributed by atoms with Crippen molar-refractivity contribution in [2.45, 2.75) is 26.1 Å². The van der Waals surface area contributed by atoms with E-state index in [1.54, 1.807) is 0 Å². The largest absolute Gasteiger partial charge is 0.365 e. The van der Waals surface area contributed by atoms with Crippen molar-refractivity contribution in [2.75, 3.05) is 37.0 Å². The third-order valence-corrected chi connectivity index (χ3v) is 6.13. The predicted octanol–water partition coefficient (Wildman–Crippen LogP) is 3.21. The molecule has 0 aromatic carbocycles. The molecule has 1 aliphatic heterocycles. The van der Waals surface area contributed by atoms with Gasteiger partial charge in [0.1, 0.15) is 18.1 Å². The third-order valence-electron chi connectivity index (χ3n) is 5.26. The number of nitrogens with zero attached hydrogens (tertiary/aromatic N) is 4. The molecule has 30 heavy (non-hydrogen) atoms. The Hall–Kier alpha value is -2.29. The van der Waals surface area contributed by atoms with E-state index in [0.717, 1.165) is 53.5 Å². The molecule has 0 radical (unpaired) electrons. The molecule has 160 valence electrons. The molecule has 4 rings (SSSR count). The van der Waals surface area contributed by atoms with Crippen LogP contribution in [0.5, 0.6) is 0 Å². The van der Waals surface area contributed by atoms with Gasteiger partial charge in [0.25, 0.3) is 0 Å². The highest BCUT2D eigenvalue weighted by Crippen LogP contribution is 2.27. The molecule has 7 nitrogen and oxygen atoms in total. The minimum absolute atomic E-state index is 0.149. The van der Waals surface area contributed by atoms with E-state index in [1.165, 1.54) is 0 Å². The molecule has 8 heteroatoms. The van der Waals surface area contributed by atoms with Crippen molar-refractivity contribution in [2.24, 2.45) is 5.92 Å². The van der Waals surface area contributed by atoms with Gasteiger partial charge in [-0.1, -0.05) is 12.8 Å². The van der Waals surface area contributed by atoms with Gasteiger partial charge in [-0.25, -0.2) is 15.0 Å². The van der Waals surface area contributed by atoms with Crippen molar-refractivity contribution in [3.63, 3.8) is 0 Å². The highest BCUT2D eigenvalue weighted by Gasteiger charge is 2.20. The van der Waals surface area contributed by atoms with Crippen LogP contribution in [-0.4, -0.2) is 63.1 Å². The molecular formula is C22H30N6OS. The van der Waals surface area contributed by atoms with Crippen LogP contribution in [0.25, 0.3) is 22.4 Å². The van der Waals surface area contributed by atoms with Crippen molar-refractivity contribution in [3.05, 3.63) is 36.8 Å². The molecule has 0 spiro atoms. The minimum atomic E-state index is 0.149. The normalized spacial score (nSPS) is 20.3. The second-order valence-electron chi connectivity index (χ2n) is 8.01. The van der Waals surface area contributed by atoms with Gasteiger partial charge in [0.2, 0.25) is 0 Å². The lowest BCUT2D eigenvalue weighted by atomic mass is 9.97. The molecule has 3 atom stereocenters. The molecule has 4 heterocycles. The number of rotatable bonds is 8. The molecule has 3 aromatic rings. The molecule has 1 aliphatic rings. The van der Waals surface area contributed by atoms with Crippen LogP contribution >= 0.6 is 10.5 Å². The zero-order valence-corrected chi connectivity index (χ0v) is 18.5. The first-order valence-corrected chi connectivity index (χ1v) is 12.3. The Morgan fingerprint density at radius 3 is 3.07 bits per heavy atom. The summed E-state index contributed by atoms with van der Waals surface area (Å²) in [7, 11) is 0.149. The quantitative estimate of drug-likeness (QED) is 0.425. The zero-order valence-electron chi connectivity index (χ0n) is 17.7. The summed E-state index contributed by atoms with van der Waals surface area (Å²) in [6, 6.07) is 6.33. The maximum Gasteiger partial charge on any atom is 0.160 e. The number of aromatic nitrogens is 4. The van der Waals surface area contributed by atoms with E-state index in [0.29, 0.717) is 25.3 Å². The van der Waals surface area contributed by atoms with Crippen LogP contribution in [0.4, 0.5) is 5.82 Å². The molecule has 0 saturated carbocycles. The number of hydrogen-bond donors (Lipinski definition) is 2. The number of hydrogen-bond acceptors (Lipinski definition) is 6. The first-order chi connectivity index (χ1) is 14.6. The van der Waals surface area contributed by atoms with Gasteiger partial charge < -0.3 is 19.9 Å². The van der Waals surface area contributed by atoms with E-state index in [-0.39, 0.29) is 10.5 Å². The fraction of sp³-hybridized carbons (Fsp3) is 0.455. The highest BCUT2D eigenvalue weighted by atomic mass is 32.2. The van der Waals surface area contributed by atoms with Crippen molar-refractivity contribution < 1.29 is 4.74 Å². The molecule has 0 amide bonds. The molecular weight excluding hydrogens is 396 g/mol. The summed E-state index contributed by atoms with van der Waals surface area (Å²) < 4.78 is 7.75. The van der Waals surface area contributed by atoms with Gasteiger partial charge in [0.05, 0.1) is 18.5 Å². The summed E-state index contributed by atoms with van der Waals surface area (Å²) in [6.07, 6.45) is 8.86. The second-order valence-corrected chi connectivity index (χ2v) is 9.98. The maximum atomic E-state index is 5.76. The van der Waals surface area contributed by atoms with Gasteiger partial charge in [0, 0.05) is 36.3 Å². The Morgan fingerprint density at radius 1 is 1.33 bits per heavy atom. The molecule has 1 saturated heterocycles. The number of fused-ring (bicyclic) bond motifs is 1. The van der Waals surface area contributed by atoms with Crippen molar-refractivity contribution in [1.82, 2.24) is 24.8 Å². The summed E-state index contributed by atoms with van der Waals surface area (Å²) in [6.45, 7) is 5.47. The Labute approximate surface area is 180 Å². The van der Waals surface area contributed by atoms with Crippen LogP contribution in [-0.2, 0) is 11.5 Å². The van der Waals surface area contributed by atoms with Crippen LogP contribution in [0.15, 0.2) is 36.8 Å². The standard InChI is InChI=1S/C22H30N6OS/c1-16-11-17(13-23-12-16)26-21-18(5-4-7-24-21)20-14-25-22-19(27-20)6-8-28(22)15-29-9-10-30(2)3/h4-8,14,16-17,23H,2,9-13,15H2,1,3H3,(H,24,26)/t16-,17-,30?/m0/s1. The van der Waals surface area contributed by atoms with Crippen LogP contribution in [0, 0.1) is 5.92 Å². The number of piperidine rings is 1. The van der Waals surface area contributed by atoms with E-state index in [4.69, 9.17) is 9.72 Å². The lowest BCUT2D eigenvalue weighted by Gasteiger charge is -2.29. The van der Waals surface area contributed by atoms with E-state index in [2.05, 4.69) is 39.7 Å². The van der Waals surface area contributed by atoms with Crippen LogP contribution < -0.4 is 10.6 Å². The summed E-state index contributed by atoms with van der Waals surface area (Å²) in [5.41, 5.74) is 3.47. The molecule has 1 unspecified atom stereocenters. The van der Waals surface area contributed by atoms with Gasteiger partial charge in [-0.3, -0.25) is 0 Å². The Morgan fingerprint density at radius 2 is 2.23 bits per heavy atom. The lowest BCUT2D eigenvalue weighted by Crippen LogP contribution is -2.42. The molecule has 0 aliphatic carbocycles. The average Bonchev–Trinajstić information content (AvgIpc) is 3.14. The smallest absolute Gasteiger partial charge is 0.160 e. The topological polar surface area (TPSA) is 76.9 Å². The predicted molar refractivity (Wildman–Crippen MR) is 126 cm³/mol. The number of anilines is 1. The average molecular weight is 427 g/mol. The van der Waals surface area contributed by atoms with Crippen LogP contribution in [0.1, 0.15) is 13.3 Å². The fourth-order valence-corrected chi connectivity index (χ4v) is 4.15. The highest BCUT2D eigenvalue weighted by molar-refractivity contribution is 8.13. The number of pyridine rings is 1. The van der Waals surface area contributed by atoms with Crippen molar-refractivity contribution in [1.29, 1.82) is 0 Å². The van der Waals surface area contributed by atoms with Gasteiger partial charge >= 0.3 is 0 Å². The summed E-state index contributed by atoms with van der Waals surface area (Å²) in [4.78, 5) is 14.1. The van der Waals surface area contributed by atoms with Crippen LogP contribution in [0.3, 0.4) is 0 Å². The van der Waals surface area contributed by atoms with Crippen molar-refractivity contribution in [3.8, 4) is 11.3 Å². The minimum Gasteiger partial charge on any atom is -0.365 e. The molecule has 0 bridgehead atoms. The van der Waals surface area contributed by atoms with Gasteiger partial charge in [-0.05, 0) is 43.3 Å². The third kappa shape index (κ3) is 5.06. The van der Waals surface area contributed by atoms with Gasteiger partial charge in [-0.2, -0.15) is 10.5 Å². The molecule has 3 aromatic heterocycles. The Balaban J connectivity index is 1.52. The van der Waals surface area contributed by atoms with Gasteiger partial charge in [0.15, 0.2) is 5.65 Å². The number of nitrogens with one attached hydrogen (secondary N) is 2.